The zero-order chi connectivity index (χ0) is 6.41. The summed E-state index contributed by atoms with van der Waals surface area (Å²) < 4.78 is 8.51. The van der Waals surface area contributed by atoms with Crippen LogP contribution in [0.15, 0.2) is 12.2 Å². The van der Waals surface area contributed by atoms with Crippen molar-refractivity contribution in [2.24, 2.45) is 5.92 Å². The van der Waals surface area contributed by atoms with Gasteiger partial charge in [-0.2, -0.15) is 4.89 Å². The molecule has 2 atom stereocenters. The fraction of sp³-hybridized carbons (Fsp3) is 0.600. The average molecular weight is 133 g/mol. The van der Waals surface area contributed by atoms with E-state index in [-0.39, 0.29) is 0 Å². The number of allylic oxidation sites excluding steroid dienone is 2. The summed E-state index contributed by atoms with van der Waals surface area (Å²) in [6, 6.07) is 0. The summed E-state index contributed by atoms with van der Waals surface area (Å²) >= 11 is 0. The van der Waals surface area contributed by atoms with E-state index in [1.54, 1.807) is 0 Å². The van der Waals surface area contributed by atoms with Gasteiger partial charge in [0.2, 0.25) is 0 Å². The van der Waals surface area contributed by atoms with Crippen molar-refractivity contribution in [3.8, 4) is 0 Å². The van der Waals surface area contributed by atoms with Gasteiger partial charge in [-0.05, 0) is 16.9 Å². The summed E-state index contributed by atoms with van der Waals surface area (Å²) in [6.45, 7) is 2.22. The molecule has 1 aliphatic carbocycles. The van der Waals surface area contributed by atoms with Crippen LogP contribution in [0.1, 0.15) is 13.3 Å². The minimum absolute atomic E-state index is 0.884. The lowest BCUT2D eigenvalue weighted by Crippen LogP contribution is -1.93. The summed E-state index contributed by atoms with van der Waals surface area (Å²) in [5.74, 6) is 0.884. The molecule has 46 valence electrons. The number of hydrogen-bond acceptors (Lipinski definition) is 1. The van der Waals surface area contributed by atoms with Crippen molar-refractivity contribution in [1.29, 1.82) is 0 Å². The molecule has 0 saturated carbocycles. The van der Waals surface area contributed by atoms with Gasteiger partial charge in [-0.25, -0.2) is 0 Å². The molecule has 0 aromatic rings. The summed E-state index contributed by atoms with van der Waals surface area (Å²) in [7, 11) is -1.17. The maximum Gasteiger partial charge on any atom is 0.491 e. The van der Waals surface area contributed by atoms with Crippen molar-refractivity contribution in [1.82, 2.24) is 0 Å². The monoisotopic (exact) mass is 133 g/mol. The van der Waals surface area contributed by atoms with E-state index < -0.39 is 8.69 Å². The molecule has 0 aliphatic heterocycles. The molecule has 0 heterocycles. The smallest absolute Gasteiger partial charge is 0.162 e. The standard InChI is InChI=1S/C5H8.HO2P/c1-5-3-2-4-5;1-3-2/h2-3,5H,4H2,1H3;3H/p+1. The molecule has 3 heteroatoms. The Labute approximate surface area is 50.5 Å². The SMILES string of the molecule is CC1C=CC1.O=[PH+]O. The Morgan fingerprint density at radius 2 is 2.12 bits per heavy atom. The second kappa shape index (κ2) is 4.95. The Hall–Kier alpha value is -0.200. The molecule has 1 rings (SSSR count). The first-order valence-electron chi connectivity index (χ1n) is 2.49. The molecule has 1 aliphatic rings. The van der Waals surface area contributed by atoms with E-state index in [1.807, 2.05) is 0 Å². The Bertz CT molecular complexity index is 90.4. The first kappa shape index (κ1) is 7.80. The highest BCUT2D eigenvalue weighted by Gasteiger charge is 1.98. The number of hydrogen-bond donors (Lipinski definition) is 1. The lowest BCUT2D eigenvalue weighted by atomic mass is 9.98. The van der Waals surface area contributed by atoms with Crippen molar-refractivity contribution >= 4 is 8.69 Å². The zero-order valence-electron chi connectivity index (χ0n) is 4.79. The first-order chi connectivity index (χ1) is 3.81. The predicted octanol–water partition coefficient (Wildman–Crippen LogP) is 1.50. The van der Waals surface area contributed by atoms with Gasteiger partial charge < -0.3 is 0 Å². The van der Waals surface area contributed by atoms with Crippen molar-refractivity contribution < 1.29 is 9.46 Å². The highest BCUT2D eigenvalue weighted by Crippen LogP contribution is 2.13. The van der Waals surface area contributed by atoms with Crippen LogP contribution in [0, 0.1) is 5.92 Å². The molecule has 8 heavy (non-hydrogen) atoms. The normalized spacial score (nSPS) is 23.5. The zero-order valence-corrected chi connectivity index (χ0v) is 5.79. The largest absolute Gasteiger partial charge is 0.491 e. The fourth-order valence-corrected chi connectivity index (χ4v) is 0.408. The van der Waals surface area contributed by atoms with Gasteiger partial charge in [0.1, 0.15) is 0 Å². The van der Waals surface area contributed by atoms with Crippen LogP contribution in [-0.4, -0.2) is 4.89 Å². The van der Waals surface area contributed by atoms with Gasteiger partial charge in [-0.15, -0.1) is 0 Å². The average Bonchev–Trinajstić information content (AvgIpc) is 1.64. The Kier molecular flexibility index (Phi) is 4.82. The van der Waals surface area contributed by atoms with Gasteiger partial charge in [0.25, 0.3) is 0 Å². The molecule has 0 spiro atoms. The molecule has 1 N–H and O–H groups in total. The lowest BCUT2D eigenvalue weighted by molar-refractivity contribution is 0.524. The van der Waals surface area contributed by atoms with Crippen LogP contribution in [0.25, 0.3) is 0 Å². The van der Waals surface area contributed by atoms with E-state index in [9.17, 15) is 0 Å². The maximum atomic E-state index is 8.51. The van der Waals surface area contributed by atoms with Gasteiger partial charge >= 0.3 is 8.69 Å². The summed E-state index contributed by atoms with van der Waals surface area (Å²) in [5.41, 5.74) is 0. The van der Waals surface area contributed by atoms with Crippen molar-refractivity contribution in [2.75, 3.05) is 0 Å². The van der Waals surface area contributed by atoms with Crippen LogP contribution >= 0.6 is 8.69 Å². The van der Waals surface area contributed by atoms with Crippen molar-refractivity contribution in [3.63, 3.8) is 0 Å². The molecule has 0 saturated heterocycles. The lowest BCUT2D eigenvalue weighted by Gasteiger charge is -2.08. The van der Waals surface area contributed by atoms with Gasteiger partial charge in [-0.1, -0.05) is 19.1 Å². The van der Waals surface area contributed by atoms with E-state index in [1.165, 1.54) is 6.42 Å². The Balaban J connectivity index is 0.000000145. The second-order valence-corrected chi connectivity index (χ2v) is 1.91. The molecular formula is C5H10O2P+. The minimum atomic E-state index is -1.17. The van der Waals surface area contributed by atoms with Gasteiger partial charge in [0.15, 0.2) is 0 Å². The molecule has 0 amide bonds. The highest BCUT2D eigenvalue weighted by molar-refractivity contribution is 7.16. The van der Waals surface area contributed by atoms with Gasteiger partial charge in [0.05, 0.1) is 0 Å². The van der Waals surface area contributed by atoms with Crippen molar-refractivity contribution in [2.45, 2.75) is 13.3 Å². The topological polar surface area (TPSA) is 37.3 Å². The van der Waals surface area contributed by atoms with E-state index in [0.717, 1.165) is 5.92 Å². The van der Waals surface area contributed by atoms with Crippen LogP contribution in [0.4, 0.5) is 0 Å². The van der Waals surface area contributed by atoms with Gasteiger partial charge in [0, 0.05) is 0 Å². The molecule has 0 aromatic heterocycles. The number of rotatable bonds is 0. The fourth-order valence-electron chi connectivity index (χ4n) is 0.408. The third kappa shape index (κ3) is 3.97. The van der Waals surface area contributed by atoms with Gasteiger partial charge in [-0.3, -0.25) is 0 Å². The molecule has 0 bridgehead atoms. The molecular weight excluding hydrogens is 123 g/mol. The van der Waals surface area contributed by atoms with Crippen LogP contribution < -0.4 is 0 Å². The first-order valence-corrected chi connectivity index (χ1v) is 3.34. The predicted molar refractivity (Wildman–Crippen MR) is 34.1 cm³/mol. The second-order valence-electron chi connectivity index (χ2n) is 1.73. The quantitative estimate of drug-likeness (QED) is 0.401. The maximum absolute atomic E-state index is 8.51. The van der Waals surface area contributed by atoms with Crippen LogP contribution in [0.2, 0.25) is 0 Å². The van der Waals surface area contributed by atoms with E-state index in [4.69, 9.17) is 9.46 Å². The van der Waals surface area contributed by atoms with E-state index in [2.05, 4.69) is 19.1 Å². The van der Waals surface area contributed by atoms with E-state index >= 15 is 0 Å². The van der Waals surface area contributed by atoms with Crippen LogP contribution in [0.5, 0.6) is 0 Å². The third-order valence-corrected chi connectivity index (χ3v) is 0.972. The third-order valence-electron chi connectivity index (χ3n) is 0.972. The summed E-state index contributed by atoms with van der Waals surface area (Å²) in [4.78, 5) is 7.04. The Morgan fingerprint density at radius 1 is 1.88 bits per heavy atom. The molecule has 2 unspecified atom stereocenters. The highest BCUT2D eigenvalue weighted by atomic mass is 31.1. The molecule has 0 aromatic carbocycles. The Morgan fingerprint density at radius 3 is 2.12 bits per heavy atom. The van der Waals surface area contributed by atoms with Crippen molar-refractivity contribution in [3.05, 3.63) is 12.2 Å². The van der Waals surface area contributed by atoms with Crippen LogP contribution in [-0.2, 0) is 4.57 Å². The molecule has 2 nitrogen and oxygen atoms in total. The summed E-state index contributed by atoms with van der Waals surface area (Å²) in [5, 5.41) is 0. The molecule has 0 fully saturated rings. The summed E-state index contributed by atoms with van der Waals surface area (Å²) in [6.07, 6.45) is 5.73. The minimum Gasteiger partial charge on any atom is -0.162 e. The van der Waals surface area contributed by atoms with Crippen LogP contribution in [0.3, 0.4) is 0 Å². The molecule has 0 radical (unpaired) electrons. The van der Waals surface area contributed by atoms with E-state index in [0.29, 0.717) is 0 Å².